The fraction of sp³-hybridized carbons (Fsp3) is 0.385. The minimum Gasteiger partial charge on any atom is -0.467 e. The molecule has 0 aromatic carbocycles. The Bertz CT molecular complexity index is 609. The molecular formula is C13H16N4O3. The second-order valence-electron chi connectivity index (χ2n) is 4.36. The lowest BCUT2D eigenvalue weighted by atomic mass is 10.2. The van der Waals surface area contributed by atoms with Crippen LogP contribution in [0.1, 0.15) is 23.6 Å². The standard InChI is InChI=1S/C13H16N4O3/c1-8-7-11(16-13(14-8)19-3)15-12(18)5-4-10-6-9(2)17-20-10/h6-7H,4-5H2,1-3H3,(H,14,15,16,18). The minimum absolute atomic E-state index is 0.154. The molecule has 2 heterocycles. The summed E-state index contributed by atoms with van der Waals surface area (Å²) in [6, 6.07) is 3.72. The van der Waals surface area contributed by atoms with Gasteiger partial charge in [0, 0.05) is 30.7 Å². The van der Waals surface area contributed by atoms with Crippen molar-refractivity contribution in [2.75, 3.05) is 12.4 Å². The number of rotatable bonds is 5. The van der Waals surface area contributed by atoms with Crippen LogP contribution in [0.15, 0.2) is 16.7 Å². The van der Waals surface area contributed by atoms with Gasteiger partial charge >= 0.3 is 6.01 Å². The van der Waals surface area contributed by atoms with Gasteiger partial charge in [-0.3, -0.25) is 4.79 Å². The van der Waals surface area contributed by atoms with Gasteiger partial charge in [-0.05, 0) is 13.8 Å². The Kier molecular flexibility index (Phi) is 4.29. The first-order valence-corrected chi connectivity index (χ1v) is 6.18. The van der Waals surface area contributed by atoms with Gasteiger partial charge in [-0.2, -0.15) is 4.98 Å². The van der Waals surface area contributed by atoms with E-state index >= 15 is 0 Å². The molecule has 0 atom stereocenters. The fourth-order valence-corrected chi connectivity index (χ4v) is 1.67. The van der Waals surface area contributed by atoms with Crippen LogP contribution < -0.4 is 10.1 Å². The molecule has 7 nitrogen and oxygen atoms in total. The van der Waals surface area contributed by atoms with E-state index in [-0.39, 0.29) is 11.9 Å². The van der Waals surface area contributed by atoms with E-state index in [1.165, 1.54) is 7.11 Å². The molecule has 2 rings (SSSR count). The van der Waals surface area contributed by atoms with Gasteiger partial charge in [-0.1, -0.05) is 5.16 Å². The summed E-state index contributed by atoms with van der Waals surface area (Å²) in [6.45, 7) is 3.64. The zero-order valence-corrected chi connectivity index (χ0v) is 11.6. The second kappa shape index (κ2) is 6.14. The van der Waals surface area contributed by atoms with Gasteiger partial charge in [0.25, 0.3) is 0 Å². The van der Waals surface area contributed by atoms with E-state index in [4.69, 9.17) is 9.26 Å². The number of nitrogens with one attached hydrogen (secondary N) is 1. The molecule has 2 aromatic heterocycles. The van der Waals surface area contributed by atoms with Gasteiger partial charge in [0.1, 0.15) is 11.6 Å². The van der Waals surface area contributed by atoms with E-state index in [0.29, 0.717) is 24.4 Å². The number of hydrogen-bond donors (Lipinski definition) is 1. The van der Waals surface area contributed by atoms with Crippen molar-refractivity contribution in [2.24, 2.45) is 0 Å². The third-order valence-electron chi connectivity index (χ3n) is 2.56. The molecule has 0 aliphatic carbocycles. The number of methoxy groups -OCH3 is 1. The van der Waals surface area contributed by atoms with E-state index in [0.717, 1.165) is 11.4 Å². The lowest BCUT2D eigenvalue weighted by Crippen LogP contribution is -2.14. The Morgan fingerprint density at radius 2 is 2.10 bits per heavy atom. The maximum absolute atomic E-state index is 11.8. The van der Waals surface area contributed by atoms with Crippen molar-refractivity contribution >= 4 is 11.7 Å². The summed E-state index contributed by atoms with van der Waals surface area (Å²) in [4.78, 5) is 19.9. The summed E-state index contributed by atoms with van der Waals surface area (Å²) < 4.78 is 10.00. The van der Waals surface area contributed by atoms with Crippen LogP contribution in [0.3, 0.4) is 0 Å². The highest BCUT2D eigenvalue weighted by Gasteiger charge is 2.09. The lowest BCUT2D eigenvalue weighted by molar-refractivity contribution is -0.116. The number of amides is 1. The Balaban J connectivity index is 1.92. The maximum Gasteiger partial charge on any atom is 0.318 e. The lowest BCUT2D eigenvalue weighted by Gasteiger charge is -2.06. The number of nitrogens with zero attached hydrogens (tertiary/aromatic N) is 3. The molecule has 2 aromatic rings. The summed E-state index contributed by atoms with van der Waals surface area (Å²) in [7, 11) is 1.48. The molecule has 0 bridgehead atoms. The van der Waals surface area contributed by atoms with Crippen molar-refractivity contribution in [1.82, 2.24) is 15.1 Å². The van der Waals surface area contributed by atoms with Crippen LogP contribution in [-0.2, 0) is 11.2 Å². The van der Waals surface area contributed by atoms with Crippen LogP contribution >= 0.6 is 0 Å². The largest absolute Gasteiger partial charge is 0.467 e. The normalized spacial score (nSPS) is 10.3. The highest BCUT2D eigenvalue weighted by molar-refractivity contribution is 5.89. The first-order valence-electron chi connectivity index (χ1n) is 6.18. The molecule has 0 unspecified atom stereocenters. The molecular weight excluding hydrogens is 260 g/mol. The first kappa shape index (κ1) is 14.0. The molecule has 20 heavy (non-hydrogen) atoms. The molecule has 0 radical (unpaired) electrons. The summed E-state index contributed by atoms with van der Waals surface area (Å²) in [5.74, 6) is 0.960. The minimum atomic E-state index is -0.154. The molecule has 0 spiro atoms. The van der Waals surface area contributed by atoms with E-state index in [9.17, 15) is 4.79 Å². The quantitative estimate of drug-likeness (QED) is 0.893. The molecule has 0 saturated heterocycles. The van der Waals surface area contributed by atoms with Crippen molar-refractivity contribution in [2.45, 2.75) is 26.7 Å². The Hall–Kier alpha value is -2.44. The van der Waals surface area contributed by atoms with Crippen molar-refractivity contribution in [1.29, 1.82) is 0 Å². The molecule has 106 valence electrons. The van der Waals surface area contributed by atoms with Gasteiger partial charge in [0.05, 0.1) is 12.8 Å². The second-order valence-corrected chi connectivity index (χ2v) is 4.36. The molecule has 1 N–H and O–H groups in total. The predicted octanol–water partition coefficient (Wildman–Crippen LogP) is 1.66. The van der Waals surface area contributed by atoms with Crippen LogP contribution in [0, 0.1) is 13.8 Å². The number of hydrogen-bond acceptors (Lipinski definition) is 6. The molecule has 7 heteroatoms. The molecule has 0 saturated carbocycles. The van der Waals surface area contributed by atoms with Crippen molar-refractivity contribution < 1.29 is 14.1 Å². The van der Waals surface area contributed by atoms with Crippen molar-refractivity contribution in [3.8, 4) is 6.01 Å². The summed E-state index contributed by atoms with van der Waals surface area (Å²) in [6.07, 6.45) is 0.786. The van der Waals surface area contributed by atoms with E-state index in [1.807, 2.05) is 13.0 Å². The van der Waals surface area contributed by atoms with Gasteiger partial charge in [0.15, 0.2) is 0 Å². The number of carbonyl (C=O) groups excluding carboxylic acids is 1. The van der Waals surface area contributed by atoms with Crippen molar-refractivity contribution in [3.05, 3.63) is 29.3 Å². The van der Waals surface area contributed by atoms with Gasteiger partial charge in [-0.15, -0.1) is 0 Å². The molecule has 0 aliphatic heterocycles. The smallest absolute Gasteiger partial charge is 0.318 e. The average Bonchev–Trinajstić information content (AvgIpc) is 2.81. The highest BCUT2D eigenvalue weighted by Crippen LogP contribution is 2.12. The highest BCUT2D eigenvalue weighted by atomic mass is 16.5. The van der Waals surface area contributed by atoms with E-state index < -0.39 is 0 Å². The Labute approximate surface area is 116 Å². The van der Waals surface area contributed by atoms with Gasteiger partial charge in [0.2, 0.25) is 5.91 Å². The SMILES string of the molecule is COc1nc(C)cc(NC(=O)CCc2cc(C)no2)n1. The molecule has 0 aliphatic rings. The number of carbonyl (C=O) groups is 1. The monoisotopic (exact) mass is 276 g/mol. The maximum atomic E-state index is 11.8. The molecule has 1 amide bonds. The predicted molar refractivity (Wildman–Crippen MR) is 71.5 cm³/mol. The zero-order chi connectivity index (χ0) is 14.5. The van der Waals surface area contributed by atoms with Crippen molar-refractivity contribution in [3.63, 3.8) is 0 Å². The van der Waals surface area contributed by atoms with Crippen LogP contribution in [0.5, 0.6) is 6.01 Å². The molecule has 0 fully saturated rings. The van der Waals surface area contributed by atoms with Crippen LogP contribution in [-0.4, -0.2) is 28.1 Å². The Morgan fingerprint density at radius 3 is 2.75 bits per heavy atom. The third-order valence-corrected chi connectivity index (χ3v) is 2.56. The van der Waals surface area contributed by atoms with Crippen LogP contribution in [0.4, 0.5) is 5.82 Å². The Morgan fingerprint density at radius 1 is 1.30 bits per heavy atom. The number of aromatic nitrogens is 3. The zero-order valence-electron chi connectivity index (χ0n) is 11.6. The van der Waals surface area contributed by atoms with E-state index in [2.05, 4.69) is 20.4 Å². The summed E-state index contributed by atoms with van der Waals surface area (Å²) in [5, 5.41) is 6.47. The number of aryl methyl sites for hydroxylation is 3. The van der Waals surface area contributed by atoms with Crippen LogP contribution in [0.25, 0.3) is 0 Å². The van der Waals surface area contributed by atoms with E-state index in [1.54, 1.807) is 13.0 Å². The van der Waals surface area contributed by atoms with Gasteiger partial charge < -0.3 is 14.6 Å². The van der Waals surface area contributed by atoms with Crippen LogP contribution in [0.2, 0.25) is 0 Å². The summed E-state index contributed by atoms with van der Waals surface area (Å²) in [5.41, 5.74) is 1.52. The third kappa shape index (κ3) is 3.78. The van der Waals surface area contributed by atoms with Gasteiger partial charge in [-0.25, -0.2) is 4.98 Å². The number of ether oxygens (including phenoxy) is 1. The fourth-order valence-electron chi connectivity index (χ4n) is 1.67. The average molecular weight is 276 g/mol. The summed E-state index contributed by atoms with van der Waals surface area (Å²) >= 11 is 0. The topological polar surface area (TPSA) is 90.1 Å². The first-order chi connectivity index (χ1) is 9.56. The number of anilines is 1.